The van der Waals surface area contributed by atoms with Crippen LogP contribution in [0.2, 0.25) is 39.3 Å². The molecule has 0 N–H and O–H groups in total. The molecule has 0 heterocycles. The predicted molar refractivity (Wildman–Crippen MR) is 149 cm³/mol. The summed E-state index contributed by atoms with van der Waals surface area (Å²) in [6.07, 6.45) is 18.3. The molecule has 0 radical (unpaired) electrons. The van der Waals surface area contributed by atoms with Crippen LogP contribution in [0, 0.1) is 23.2 Å². The molecule has 0 bridgehead atoms. The van der Waals surface area contributed by atoms with E-state index in [0.29, 0.717) is 6.42 Å². The first-order valence-electron chi connectivity index (χ1n) is 13.2. The average molecular weight is 507 g/mol. The van der Waals surface area contributed by atoms with E-state index in [9.17, 15) is 0 Å². The summed E-state index contributed by atoms with van der Waals surface area (Å²) < 4.78 is 13.2. The highest BCUT2D eigenvalue weighted by molar-refractivity contribution is 6.70. The minimum Gasteiger partial charge on any atom is -0.414 e. The van der Waals surface area contributed by atoms with Gasteiger partial charge in [-0.15, -0.1) is 0 Å². The van der Waals surface area contributed by atoms with Gasteiger partial charge in [-0.05, 0) is 65.0 Å². The van der Waals surface area contributed by atoms with Crippen LogP contribution in [0.25, 0.3) is 0 Å². The molecular weight excluding hydrogens is 456 g/mol. The van der Waals surface area contributed by atoms with Crippen LogP contribution in [0.15, 0.2) is 29.5 Å². The van der Waals surface area contributed by atoms with Crippen molar-refractivity contribution in [3.63, 3.8) is 0 Å². The predicted octanol–water partition coefficient (Wildman–Crippen LogP) is 7.84. The van der Waals surface area contributed by atoms with Crippen molar-refractivity contribution in [2.24, 2.45) is 17.0 Å². The monoisotopic (exact) mass is 506 g/mol. The molecule has 1 saturated carbocycles. The third-order valence-corrected chi connectivity index (χ3v) is 7.83. The lowest BCUT2D eigenvalue weighted by Gasteiger charge is -2.29. The molecule has 0 aromatic heterocycles. The third kappa shape index (κ3) is 13.0. The molecule has 7 heteroatoms. The Labute approximate surface area is 211 Å². The lowest BCUT2D eigenvalue weighted by molar-refractivity contribution is 0.159. The largest absolute Gasteiger partial charge is 0.414 e. The molecule has 0 aromatic rings. The van der Waals surface area contributed by atoms with Gasteiger partial charge in [0.05, 0.1) is 24.0 Å². The fourth-order valence-corrected chi connectivity index (χ4v) is 6.73. The Morgan fingerprint density at radius 3 is 2.41 bits per heavy atom. The van der Waals surface area contributed by atoms with Crippen molar-refractivity contribution in [2.45, 2.75) is 116 Å². The van der Waals surface area contributed by atoms with Crippen molar-refractivity contribution < 1.29 is 13.7 Å². The topological polar surface area (TPSA) is 63.8 Å². The van der Waals surface area contributed by atoms with Crippen LogP contribution >= 0.6 is 0 Å². The van der Waals surface area contributed by atoms with Crippen LogP contribution in [0.5, 0.6) is 0 Å². The fraction of sp³-hybridized carbons (Fsp3) is 0.778. The Kier molecular flexibility index (Phi) is 14.3. The summed E-state index contributed by atoms with van der Waals surface area (Å²) in [5.41, 5.74) is 1.09. The van der Waals surface area contributed by atoms with E-state index in [0.717, 1.165) is 37.8 Å². The molecule has 0 spiro atoms. The molecule has 34 heavy (non-hydrogen) atoms. The third-order valence-electron chi connectivity index (χ3n) is 5.81. The van der Waals surface area contributed by atoms with Crippen molar-refractivity contribution in [1.29, 1.82) is 5.26 Å². The molecule has 194 valence electrons. The number of rotatable bonds is 16. The molecule has 1 rings (SSSR count). The Hall–Kier alpha value is -1.21. The van der Waals surface area contributed by atoms with Crippen LogP contribution in [0.3, 0.4) is 0 Å². The van der Waals surface area contributed by atoms with Crippen molar-refractivity contribution in [2.75, 3.05) is 7.11 Å². The number of nitriles is 1. The fourth-order valence-electron chi connectivity index (χ4n) is 4.48. The first-order chi connectivity index (χ1) is 16.0. The molecule has 1 aliphatic carbocycles. The zero-order valence-electron chi connectivity index (χ0n) is 23.1. The Morgan fingerprint density at radius 2 is 1.82 bits per heavy atom. The zero-order chi connectivity index (χ0) is 25.6. The van der Waals surface area contributed by atoms with Gasteiger partial charge >= 0.3 is 0 Å². The van der Waals surface area contributed by atoms with Crippen molar-refractivity contribution in [1.82, 2.24) is 0 Å². The summed E-state index contributed by atoms with van der Waals surface area (Å²) >= 11 is 0. The number of allylic oxidation sites excluding steroid dienone is 2. The summed E-state index contributed by atoms with van der Waals surface area (Å²) in [6.45, 7) is 15.8. The maximum atomic E-state index is 8.76. The number of oxime groups is 1. The van der Waals surface area contributed by atoms with E-state index >= 15 is 0 Å². The van der Waals surface area contributed by atoms with E-state index < -0.39 is 16.6 Å². The van der Waals surface area contributed by atoms with Crippen molar-refractivity contribution >= 4 is 22.3 Å². The molecule has 0 saturated heterocycles. The van der Waals surface area contributed by atoms with Crippen molar-refractivity contribution in [3.8, 4) is 6.07 Å². The summed E-state index contributed by atoms with van der Waals surface area (Å²) in [5.74, 6) is 0.510. The van der Waals surface area contributed by atoms with Crippen LogP contribution in [0.4, 0.5) is 0 Å². The van der Waals surface area contributed by atoms with Gasteiger partial charge in [-0.2, -0.15) is 5.26 Å². The highest BCUT2D eigenvalue weighted by Crippen LogP contribution is 2.38. The second-order valence-corrected chi connectivity index (χ2v) is 20.2. The Morgan fingerprint density at radius 1 is 1.09 bits per heavy atom. The quantitative estimate of drug-likeness (QED) is 0.0925. The summed E-state index contributed by atoms with van der Waals surface area (Å²) in [5, 5.41) is 13.2. The molecule has 0 amide bonds. The maximum absolute atomic E-state index is 8.76. The Balaban J connectivity index is 3.14. The van der Waals surface area contributed by atoms with Gasteiger partial charge in [0, 0.05) is 24.7 Å². The van der Waals surface area contributed by atoms with E-state index in [1.807, 2.05) is 0 Å². The number of hydrogen-bond acceptors (Lipinski definition) is 5. The molecule has 4 unspecified atom stereocenters. The molecule has 5 nitrogen and oxygen atoms in total. The van der Waals surface area contributed by atoms with Crippen molar-refractivity contribution in [3.05, 3.63) is 24.3 Å². The highest BCUT2D eigenvalue weighted by Gasteiger charge is 2.42. The lowest BCUT2D eigenvalue weighted by atomic mass is 9.89. The van der Waals surface area contributed by atoms with Crippen LogP contribution < -0.4 is 0 Å². The number of unbranched alkanes of at least 4 members (excludes halogenated alkanes) is 4. The van der Waals surface area contributed by atoms with Crippen LogP contribution in [-0.2, 0) is 13.7 Å². The summed E-state index contributed by atoms with van der Waals surface area (Å²) in [6, 6.07) is 2.22. The van der Waals surface area contributed by atoms with Crippen LogP contribution in [0.1, 0.15) is 64.7 Å². The maximum Gasteiger partial charge on any atom is 0.184 e. The molecule has 0 aromatic carbocycles. The van der Waals surface area contributed by atoms with Gasteiger partial charge in [-0.25, -0.2) is 0 Å². The molecule has 4 atom stereocenters. The molecule has 0 aliphatic heterocycles. The van der Waals surface area contributed by atoms with Gasteiger partial charge in [0.2, 0.25) is 0 Å². The van der Waals surface area contributed by atoms with Gasteiger partial charge in [-0.1, -0.05) is 55.6 Å². The van der Waals surface area contributed by atoms with E-state index in [2.05, 4.69) is 81.7 Å². The second-order valence-electron chi connectivity index (χ2n) is 11.3. The van der Waals surface area contributed by atoms with Gasteiger partial charge in [0.15, 0.2) is 16.6 Å². The molecular formula is C27H50N2O3Si2. The minimum atomic E-state index is -1.72. The van der Waals surface area contributed by atoms with Gasteiger partial charge in [0.25, 0.3) is 0 Å². The SMILES string of the molecule is CCCCCC(/C=C/C1C(O[Si](C)(C)C)C/C(=N/OC)C1C/C=C/CCCC#N)O[Si](C)(C)C. The summed E-state index contributed by atoms with van der Waals surface area (Å²) in [4.78, 5) is 5.24. The lowest BCUT2D eigenvalue weighted by Crippen LogP contribution is -2.35. The number of nitrogens with zero attached hydrogens (tertiary/aromatic N) is 2. The minimum absolute atomic E-state index is 0.122. The Bertz CT molecular complexity index is 702. The smallest absolute Gasteiger partial charge is 0.184 e. The molecule has 1 aliphatic rings. The van der Waals surface area contributed by atoms with E-state index in [1.54, 1.807) is 7.11 Å². The van der Waals surface area contributed by atoms with Gasteiger partial charge in [0.1, 0.15) is 7.11 Å². The van der Waals surface area contributed by atoms with Gasteiger partial charge in [-0.3, -0.25) is 0 Å². The summed E-state index contributed by atoms with van der Waals surface area (Å²) in [7, 11) is -1.74. The van der Waals surface area contributed by atoms with E-state index in [4.69, 9.17) is 19.0 Å². The average Bonchev–Trinajstić information content (AvgIpc) is 3.02. The highest BCUT2D eigenvalue weighted by atomic mass is 28.4. The first-order valence-corrected chi connectivity index (χ1v) is 20.0. The standard InChI is InChI=1S/C27H50N2O3Si2/c1-9-10-14-17-23(31-33(3,4)5)19-20-25-24(18-15-12-11-13-16-21-28)26(29-30-2)22-27(25)32-34(6,7)8/h12,15,19-20,23-25,27H,9-11,13-14,16-18,22H2,1-8H3/b15-12+,20-19+,29-26-. The first kappa shape index (κ1) is 30.8. The van der Waals surface area contributed by atoms with E-state index in [1.165, 1.54) is 19.3 Å². The van der Waals surface area contributed by atoms with Crippen LogP contribution in [-0.4, -0.2) is 41.7 Å². The second kappa shape index (κ2) is 15.7. The normalized spacial score (nSPS) is 23.7. The molecule has 1 fully saturated rings. The van der Waals surface area contributed by atoms with Gasteiger partial charge < -0.3 is 13.7 Å². The van der Waals surface area contributed by atoms with E-state index in [-0.39, 0.29) is 24.0 Å². The number of hydrogen-bond donors (Lipinski definition) is 0. The zero-order valence-corrected chi connectivity index (χ0v) is 25.1.